The zero-order chi connectivity index (χ0) is 24.9. The summed E-state index contributed by atoms with van der Waals surface area (Å²) in [5, 5.41) is 3.02. The van der Waals surface area contributed by atoms with E-state index in [4.69, 9.17) is 23.7 Å². The highest BCUT2D eigenvalue weighted by molar-refractivity contribution is 5.90. The highest BCUT2D eigenvalue weighted by atomic mass is 16.5. The van der Waals surface area contributed by atoms with Crippen LogP contribution < -0.4 is 29.0 Å². The molecule has 8 heteroatoms. The summed E-state index contributed by atoms with van der Waals surface area (Å²) >= 11 is 0. The van der Waals surface area contributed by atoms with Crippen molar-refractivity contribution in [2.75, 3.05) is 47.4 Å². The van der Waals surface area contributed by atoms with Gasteiger partial charge in [0.15, 0.2) is 23.0 Å². The molecule has 0 unspecified atom stereocenters. The van der Waals surface area contributed by atoms with Crippen molar-refractivity contribution < 1.29 is 28.5 Å². The summed E-state index contributed by atoms with van der Waals surface area (Å²) in [6.07, 6.45) is 0.676. The number of hydrogen-bond acceptors (Lipinski definition) is 6. The number of nitrogens with one attached hydrogen (secondary N) is 1. The van der Waals surface area contributed by atoms with Gasteiger partial charge in [-0.25, -0.2) is 4.79 Å². The number of nitrogens with zero attached hydrogens (tertiary/aromatic N) is 1. The molecule has 1 atom stereocenters. The lowest BCUT2D eigenvalue weighted by molar-refractivity contribution is 0.193. The summed E-state index contributed by atoms with van der Waals surface area (Å²) in [4.78, 5) is 15.4. The van der Waals surface area contributed by atoms with Crippen molar-refractivity contribution in [1.82, 2.24) is 4.90 Å². The number of methoxy groups -OCH3 is 5. The molecule has 1 aliphatic heterocycles. The number of urea groups is 1. The number of fused-ring (bicyclic) bond motifs is 1. The molecule has 0 radical (unpaired) electrons. The minimum Gasteiger partial charge on any atom is -0.497 e. The zero-order valence-electron chi connectivity index (χ0n) is 20.6. The maximum absolute atomic E-state index is 13.5. The van der Waals surface area contributed by atoms with Gasteiger partial charge in [-0.2, -0.15) is 0 Å². The normalized spacial score (nSPS) is 14.5. The SMILES string of the molecule is COc1ccc(NC(=O)N2CCc3cc(OC)c(OC)cc3[C@H]2c2ccc(OC)c(OC)c2)cc1. The topological polar surface area (TPSA) is 78.5 Å². The lowest BCUT2D eigenvalue weighted by Crippen LogP contribution is -2.43. The van der Waals surface area contributed by atoms with Crippen LogP contribution in [0.4, 0.5) is 10.5 Å². The van der Waals surface area contributed by atoms with Crippen LogP contribution in [0.25, 0.3) is 0 Å². The average Bonchev–Trinajstić information content (AvgIpc) is 2.91. The van der Waals surface area contributed by atoms with Crippen molar-refractivity contribution in [3.05, 3.63) is 71.3 Å². The van der Waals surface area contributed by atoms with E-state index in [1.54, 1.807) is 35.5 Å². The van der Waals surface area contributed by atoms with E-state index in [-0.39, 0.29) is 12.1 Å². The molecule has 0 saturated carbocycles. The number of amides is 2. The van der Waals surface area contributed by atoms with Crippen LogP contribution >= 0.6 is 0 Å². The molecule has 0 aromatic heterocycles. The summed E-state index contributed by atoms with van der Waals surface area (Å²) in [7, 11) is 8.02. The molecule has 35 heavy (non-hydrogen) atoms. The monoisotopic (exact) mass is 478 g/mol. The van der Waals surface area contributed by atoms with Gasteiger partial charge < -0.3 is 33.9 Å². The van der Waals surface area contributed by atoms with Gasteiger partial charge in [0, 0.05) is 12.2 Å². The first kappa shape index (κ1) is 24.1. The van der Waals surface area contributed by atoms with Crippen LogP contribution in [-0.2, 0) is 6.42 Å². The summed E-state index contributed by atoms with van der Waals surface area (Å²) in [6.45, 7) is 0.517. The molecule has 0 saturated heterocycles. The van der Waals surface area contributed by atoms with Crippen molar-refractivity contribution in [2.45, 2.75) is 12.5 Å². The van der Waals surface area contributed by atoms with Gasteiger partial charge in [0.1, 0.15) is 5.75 Å². The third-order valence-electron chi connectivity index (χ3n) is 6.20. The lowest BCUT2D eigenvalue weighted by Gasteiger charge is -2.38. The van der Waals surface area contributed by atoms with Crippen LogP contribution in [0.2, 0.25) is 0 Å². The number of carbonyl (C=O) groups is 1. The van der Waals surface area contributed by atoms with E-state index in [1.165, 1.54) is 0 Å². The molecule has 0 fully saturated rings. The standard InChI is InChI=1S/C27H30N2O6/c1-31-20-9-7-19(8-10-20)28-27(30)29-13-12-17-14-24(34-4)25(35-5)16-21(17)26(29)18-6-11-22(32-2)23(15-18)33-3/h6-11,14-16,26H,12-13H2,1-5H3,(H,28,30)/t26-/m1/s1. The molecule has 0 bridgehead atoms. The van der Waals surface area contributed by atoms with Crippen LogP contribution in [0.5, 0.6) is 28.7 Å². The number of ether oxygens (including phenoxy) is 5. The molecule has 184 valence electrons. The van der Waals surface area contributed by atoms with E-state index >= 15 is 0 Å². The molecule has 8 nitrogen and oxygen atoms in total. The van der Waals surface area contributed by atoms with Crippen molar-refractivity contribution in [3.63, 3.8) is 0 Å². The van der Waals surface area contributed by atoms with E-state index in [9.17, 15) is 4.79 Å². The fraction of sp³-hybridized carbons (Fsp3) is 0.296. The van der Waals surface area contributed by atoms with E-state index in [1.807, 2.05) is 59.5 Å². The Hall–Kier alpha value is -4.07. The maximum atomic E-state index is 13.5. The first-order valence-corrected chi connectivity index (χ1v) is 11.2. The van der Waals surface area contributed by atoms with E-state index in [2.05, 4.69) is 5.32 Å². The minimum atomic E-state index is -0.378. The smallest absolute Gasteiger partial charge is 0.322 e. The number of carbonyl (C=O) groups excluding carboxylic acids is 1. The van der Waals surface area contributed by atoms with Gasteiger partial charge in [-0.15, -0.1) is 0 Å². The zero-order valence-corrected chi connectivity index (χ0v) is 20.6. The predicted octanol–water partition coefficient (Wildman–Crippen LogP) is 4.91. The fourth-order valence-electron chi connectivity index (χ4n) is 4.42. The Morgan fingerprint density at radius 1 is 0.771 bits per heavy atom. The van der Waals surface area contributed by atoms with Crippen LogP contribution in [-0.4, -0.2) is 53.0 Å². The Labute approximate surface area is 205 Å². The van der Waals surface area contributed by atoms with Gasteiger partial charge in [-0.1, -0.05) is 6.07 Å². The molecular weight excluding hydrogens is 448 g/mol. The molecular formula is C27H30N2O6. The molecule has 0 aliphatic carbocycles. The van der Waals surface area contributed by atoms with Gasteiger partial charge >= 0.3 is 6.03 Å². The summed E-state index contributed by atoms with van der Waals surface area (Å²) < 4.78 is 27.3. The molecule has 1 N–H and O–H groups in total. The molecule has 1 heterocycles. The van der Waals surface area contributed by atoms with Crippen LogP contribution in [0, 0.1) is 0 Å². The second-order valence-corrected chi connectivity index (χ2v) is 8.03. The van der Waals surface area contributed by atoms with Gasteiger partial charge in [0.25, 0.3) is 0 Å². The van der Waals surface area contributed by atoms with Gasteiger partial charge in [-0.3, -0.25) is 0 Å². The molecule has 2 amide bonds. The Morgan fingerprint density at radius 3 is 2.03 bits per heavy atom. The summed E-state index contributed by atoms with van der Waals surface area (Å²) in [5.41, 5.74) is 3.63. The predicted molar refractivity (Wildman–Crippen MR) is 133 cm³/mol. The Morgan fingerprint density at radius 2 is 1.40 bits per heavy atom. The minimum absolute atomic E-state index is 0.213. The van der Waals surface area contributed by atoms with E-state index in [0.717, 1.165) is 22.4 Å². The summed E-state index contributed by atoms with van der Waals surface area (Å²) in [5.74, 6) is 3.20. The highest BCUT2D eigenvalue weighted by Gasteiger charge is 2.34. The number of hydrogen-bond donors (Lipinski definition) is 1. The van der Waals surface area contributed by atoms with Crippen molar-refractivity contribution in [1.29, 1.82) is 0 Å². The van der Waals surface area contributed by atoms with Crippen LogP contribution in [0.3, 0.4) is 0 Å². The Bertz CT molecular complexity index is 1200. The molecule has 4 rings (SSSR count). The largest absolute Gasteiger partial charge is 0.497 e. The average molecular weight is 479 g/mol. The third kappa shape index (κ3) is 4.77. The van der Waals surface area contributed by atoms with Gasteiger partial charge in [-0.05, 0) is 71.6 Å². The number of anilines is 1. The first-order valence-electron chi connectivity index (χ1n) is 11.2. The van der Waals surface area contributed by atoms with Crippen molar-refractivity contribution in [3.8, 4) is 28.7 Å². The Balaban J connectivity index is 1.77. The van der Waals surface area contributed by atoms with Gasteiger partial charge in [0.2, 0.25) is 0 Å². The van der Waals surface area contributed by atoms with Crippen LogP contribution in [0.15, 0.2) is 54.6 Å². The molecule has 3 aromatic rings. The highest BCUT2D eigenvalue weighted by Crippen LogP contribution is 2.43. The van der Waals surface area contributed by atoms with Crippen molar-refractivity contribution >= 4 is 11.7 Å². The van der Waals surface area contributed by atoms with Crippen LogP contribution in [0.1, 0.15) is 22.7 Å². The molecule has 1 aliphatic rings. The summed E-state index contributed by atoms with van der Waals surface area (Å²) in [6, 6.07) is 16.3. The second-order valence-electron chi connectivity index (χ2n) is 8.03. The third-order valence-corrected chi connectivity index (χ3v) is 6.20. The van der Waals surface area contributed by atoms with Gasteiger partial charge in [0.05, 0.1) is 41.6 Å². The second kappa shape index (κ2) is 10.5. The lowest BCUT2D eigenvalue weighted by atomic mass is 9.87. The first-order chi connectivity index (χ1) is 17.0. The van der Waals surface area contributed by atoms with E-state index in [0.29, 0.717) is 41.7 Å². The van der Waals surface area contributed by atoms with Crippen molar-refractivity contribution in [2.24, 2.45) is 0 Å². The fourth-order valence-corrected chi connectivity index (χ4v) is 4.42. The Kier molecular flexibility index (Phi) is 7.19. The molecule has 0 spiro atoms. The quantitative estimate of drug-likeness (QED) is 0.520. The van der Waals surface area contributed by atoms with E-state index < -0.39 is 0 Å². The maximum Gasteiger partial charge on any atom is 0.322 e. The number of benzene rings is 3. The molecule has 3 aromatic carbocycles. The number of rotatable bonds is 7.